The first-order valence-electron chi connectivity index (χ1n) is 12.4. The van der Waals surface area contributed by atoms with Gasteiger partial charge in [0.25, 0.3) is 5.91 Å². The molecule has 0 spiro atoms. The van der Waals surface area contributed by atoms with Crippen molar-refractivity contribution in [1.82, 2.24) is 25.2 Å². The number of benzene rings is 1. The summed E-state index contributed by atoms with van der Waals surface area (Å²) in [4.78, 5) is 28.4. The molecule has 2 fully saturated rings. The first kappa shape index (κ1) is 23.4. The number of anilines is 2. The van der Waals surface area contributed by atoms with Gasteiger partial charge in [-0.25, -0.2) is 15.0 Å². The largest absolute Gasteiger partial charge is 0.488 e. The molecule has 1 aliphatic heterocycles. The van der Waals surface area contributed by atoms with Crippen molar-refractivity contribution in [3.63, 3.8) is 0 Å². The molecule has 2 aromatic heterocycles. The van der Waals surface area contributed by atoms with Crippen LogP contribution < -0.4 is 21.1 Å². The fourth-order valence-electron chi connectivity index (χ4n) is 4.71. The number of nitrogens with zero attached hydrogens (tertiary/aromatic N) is 4. The summed E-state index contributed by atoms with van der Waals surface area (Å²) in [7, 11) is 2.10. The third-order valence-corrected chi connectivity index (χ3v) is 6.91. The number of likely N-dealkylation sites (tertiary alicyclic amines) is 1. The van der Waals surface area contributed by atoms with Crippen molar-refractivity contribution in [2.45, 2.75) is 56.7 Å². The van der Waals surface area contributed by atoms with E-state index in [1.54, 1.807) is 24.5 Å². The number of pyridine rings is 1. The Balaban J connectivity index is 1.24. The van der Waals surface area contributed by atoms with Gasteiger partial charge in [0.2, 0.25) is 5.95 Å². The van der Waals surface area contributed by atoms with Gasteiger partial charge in [0, 0.05) is 29.9 Å². The van der Waals surface area contributed by atoms with E-state index in [4.69, 9.17) is 15.5 Å². The van der Waals surface area contributed by atoms with Gasteiger partial charge >= 0.3 is 0 Å². The summed E-state index contributed by atoms with van der Waals surface area (Å²) in [5.41, 5.74) is 7.33. The van der Waals surface area contributed by atoms with Crippen molar-refractivity contribution in [2.75, 3.05) is 25.5 Å². The minimum atomic E-state index is -0.0917. The normalized spacial score (nSPS) is 21.5. The van der Waals surface area contributed by atoms with Crippen molar-refractivity contribution >= 4 is 28.6 Å². The monoisotopic (exact) mass is 475 g/mol. The molecule has 3 aromatic rings. The van der Waals surface area contributed by atoms with Crippen LogP contribution >= 0.6 is 0 Å². The van der Waals surface area contributed by atoms with E-state index in [9.17, 15) is 4.79 Å². The summed E-state index contributed by atoms with van der Waals surface area (Å²) in [5.74, 6) is 1.66. The number of hydrogen-bond donors (Lipinski definition) is 3. The lowest BCUT2D eigenvalue weighted by atomic mass is 9.94. The van der Waals surface area contributed by atoms with E-state index in [-0.39, 0.29) is 24.1 Å². The molecule has 184 valence electrons. The third kappa shape index (κ3) is 5.86. The highest BCUT2D eigenvalue weighted by atomic mass is 16.5. The van der Waals surface area contributed by atoms with Crippen molar-refractivity contribution in [3.05, 3.63) is 48.3 Å². The predicted octanol–water partition coefficient (Wildman–Crippen LogP) is 3.24. The average molecular weight is 476 g/mol. The van der Waals surface area contributed by atoms with Crippen LogP contribution in [0, 0.1) is 0 Å². The summed E-state index contributed by atoms with van der Waals surface area (Å²) in [6, 6.07) is 9.90. The molecule has 1 aromatic carbocycles. The third-order valence-electron chi connectivity index (χ3n) is 6.91. The molecule has 0 radical (unpaired) electrons. The molecule has 9 nitrogen and oxygen atoms in total. The van der Waals surface area contributed by atoms with Gasteiger partial charge < -0.3 is 26.0 Å². The van der Waals surface area contributed by atoms with Gasteiger partial charge in [-0.2, -0.15) is 0 Å². The van der Waals surface area contributed by atoms with E-state index in [1.165, 1.54) is 0 Å². The fraction of sp³-hybridized carbons (Fsp3) is 0.462. The molecule has 0 atom stereocenters. The number of nitrogens with one attached hydrogen (secondary N) is 2. The Hall–Kier alpha value is -3.30. The number of amides is 1. The number of nitrogens with two attached hydrogens (primary N) is 1. The standard InChI is InChI=1S/C26H33N7O2/c1-33-13-11-20(12-14-33)30-25(34)18-5-10-23(28-16-18)31-26-29-15-17-3-2-4-22(24(17)32-26)35-21-8-6-19(27)7-9-21/h2-5,10,15-16,19-21H,6-9,11-14,27H2,1H3,(H,30,34)(H,28,29,31,32). The minimum Gasteiger partial charge on any atom is -0.488 e. The molecule has 5 rings (SSSR count). The highest BCUT2D eigenvalue weighted by Crippen LogP contribution is 2.29. The molecule has 2 aliphatic rings. The number of fused-ring (bicyclic) bond motifs is 1. The zero-order chi connectivity index (χ0) is 24.2. The molecule has 4 N–H and O–H groups in total. The van der Waals surface area contributed by atoms with Gasteiger partial charge in [-0.3, -0.25) is 4.79 Å². The van der Waals surface area contributed by atoms with Crippen LogP contribution in [-0.2, 0) is 0 Å². The van der Waals surface area contributed by atoms with Crippen molar-refractivity contribution in [3.8, 4) is 5.75 Å². The molecule has 0 bridgehead atoms. The smallest absolute Gasteiger partial charge is 0.253 e. The number of ether oxygens (including phenoxy) is 1. The molecule has 9 heteroatoms. The maximum atomic E-state index is 12.6. The summed E-state index contributed by atoms with van der Waals surface area (Å²) < 4.78 is 6.30. The lowest BCUT2D eigenvalue weighted by molar-refractivity contribution is 0.0916. The number of aromatic nitrogens is 3. The fourth-order valence-corrected chi connectivity index (χ4v) is 4.71. The Morgan fingerprint density at radius 1 is 1.03 bits per heavy atom. The van der Waals surface area contributed by atoms with E-state index >= 15 is 0 Å². The average Bonchev–Trinajstić information content (AvgIpc) is 2.87. The zero-order valence-electron chi connectivity index (χ0n) is 20.1. The molecular formula is C26H33N7O2. The number of piperidine rings is 1. The molecule has 1 amide bonds. The number of hydrogen-bond acceptors (Lipinski definition) is 8. The molecule has 3 heterocycles. The lowest BCUT2D eigenvalue weighted by Gasteiger charge is -2.29. The maximum Gasteiger partial charge on any atom is 0.253 e. The molecule has 1 aliphatic carbocycles. The van der Waals surface area contributed by atoms with E-state index in [2.05, 4.69) is 32.5 Å². The Kier molecular flexibility index (Phi) is 7.06. The summed E-state index contributed by atoms with van der Waals surface area (Å²) in [5, 5.41) is 7.17. The summed E-state index contributed by atoms with van der Waals surface area (Å²) in [6.45, 7) is 2.00. The number of carbonyl (C=O) groups excluding carboxylic acids is 1. The van der Waals surface area contributed by atoms with Gasteiger partial charge in [0.15, 0.2) is 0 Å². The van der Waals surface area contributed by atoms with Gasteiger partial charge in [-0.05, 0) is 76.9 Å². The summed E-state index contributed by atoms with van der Waals surface area (Å²) >= 11 is 0. The maximum absolute atomic E-state index is 12.6. The highest BCUT2D eigenvalue weighted by Gasteiger charge is 2.21. The zero-order valence-corrected chi connectivity index (χ0v) is 20.1. The molecule has 1 saturated heterocycles. The first-order chi connectivity index (χ1) is 17.0. The molecule has 0 unspecified atom stereocenters. The number of carbonyl (C=O) groups is 1. The van der Waals surface area contributed by atoms with Crippen molar-refractivity contribution in [1.29, 1.82) is 0 Å². The van der Waals surface area contributed by atoms with Crippen LogP contribution in [0.5, 0.6) is 5.75 Å². The van der Waals surface area contributed by atoms with Crippen molar-refractivity contribution < 1.29 is 9.53 Å². The Morgan fingerprint density at radius 2 is 1.83 bits per heavy atom. The molecule has 1 saturated carbocycles. The van der Waals surface area contributed by atoms with Crippen molar-refractivity contribution in [2.24, 2.45) is 5.73 Å². The Bertz CT molecular complexity index is 1150. The summed E-state index contributed by atoms with van der Waals surface area (Å²) in [6.07, 6.45) is 9.31. The first-order valence-corrected chi connectivity index (χ1v) is 12.4. The topological polar surface area (TPSA) is 118 Å². The van der Waals surface area contributed by atoms with E-state index < -0.39 is 0 Å². The van der Waals surface area contributed by atoms with E-state index in [0.29, 0.717) is 17.3 Å². The quantitative estimate of drug-likeness (QED) is 0.497. The predicted molar refractivity (Wildman–Crippen MR) is 136 cm³/mol. The lowest BCUT2D eigenvalue weighted by Crippen LogP contribution is -2.43. The number of para-hydroxylation sites is 1. The van der Waals surface area contributed by atoms with Gasteiger partial charge in [0.1, 0.15) is 17.1 Å². The van der Waals surface area contributed by atoms with Crippen LogP contribution in [0.1, 0.15) is 48.9 Å². The van der Waals surface area contributed by atoms with E-state index in [0.717, 1.165) is 68.3 Å². The molecular weight excluding hydrogens is 442 g/mol. The van der Waals surface area contributed by atoms with Crippen LogP contribution in [0.3, 0.4) is 0 Å². The van der Waals surface area contributed by atoms with Gasteiger partial charge in [-0.1, -0.05) is 12.1 Å². The SMILES string of the molecule is CN1CCC(NC(=O)c2ccc(Nc3ncc4cccc(OC5CCC(N)CC5)c4n3)nc2)CC1. The van der Waals surface area contributed by atoms with E-state index in [1.807, 2.05) is 18.2 Å². The Labute approximate surface area is 205 Å². The number of rotatable bonds is 6. The van der Waals surface area contributed by atoms with Gasteiger partial charge in [-0.15, -0.1) is 0 Å². The van der Waals surface area contributed by atoms with Crippen LogP contribution in [0.15, 0.2) is 42.7 Å². The van der Waals surface area contributed by atoms with Crippen LogP contribution in [0.2, 0.25) is 0 Å². The van der Waals surface area contributed by atoms with Crippen LogP contribution in [0.4, 0.5) is 11.8 Å². The Morgan fingerprint density at radius 3 is 2.57 bits per heavy atom. The minimum absolute atomic E-state index is 0.0917. The van der Waals surface area contributed by atoms with Gasteiger partial charge in [0.05, 0.1) is 11.7 Å². The van der Waals surface area contributed by atoms with Crippen LogP contribution in [-0.4, -0.2) is 64.1 Å². The molecule has 35 heavy (non-hydrogen) atoms. The highest BCUT2D eigenvalue weighted by molar-refractivity contribution is 5.94. The van der Waals surface area contributed by atoms with Crippen LogP contribution in [0.25, 0.3) is 10.9 Å². The second kappa shape index (κ2) is 10.5. The second-order valence-corrected chi connectivity index (χ2v) is 9.65. The second-order valence-electron chi connectivity index (χ2n) is 9.65.